The number of hydrogen-bond acceptors (Lipinski definition) is 3. The second-order valence-corrected chi connectivity index (χ2v) is 4.17. The number of hydrogen-bond donors (Lipinski definition) is 3. The number of carboxylic acids is 1. The van der Waals surface area contributed by atoms with Crippen LogP contribution in [0, 0.1) is 0 Å². The molecule has 0 saturated carbocycles. The van der Waals surface area contributed by atoms with Gasteiger partial charge in [-0.3, -0.25) is 9.59 Å². The quantitative estimate of drug-likeness (QED) is 0.660. The summed E-state index contributed by atoms with van der Waals surface area (Å²) in [5, 5.41) is 14.6. The Morgan fingerprint density at radius 1 is 1.22 bits per heavy atom. The third kappa shape index (κ3) is 6.22. The summed E-state index contributed by atoms with van der Waals surface area (Å²) < 4.78 is 0. The smallest absolute Gasteiger partial charge is 0.303 e. The lowest BCUT2D eigenvalue weighted by molar-refractivity contribution is -0.137. The van der Waals surface area contributed by atoms with E-state index in [1.807, 2.05) is 0 Å². The number of carbonyl (C=O) groups excluding carboxylic acids is 1. The number of amides is 1. The Labute approximate surface area is 110 Å². The zero-order valence-electron chi connectivity index (χ0n) is 9.78. The molecule has 0 spiro atoms. The molecule has 0 unspecified atom stereocenters. The second-order valence-electron chi connectivity index (χ2n) is 3.73. The Hall–Kier alpha value is -1.59. The van der Waals surface area contributed by atoms with E-state index in [1.165, 1.54) is 0 Å². The second kappa shape index (κ2) is 7.68. The van der Waals surface area contributed by atoms with E-state index in [-0.39, 0.29) is 18.9 Å². The van der Waals surface area contributed by atoms with Gasteiger partial charge in [0.05, 0.1) is 6.54 Å². The minimum absolute atomic E-state index is 0.103. The first kappa shape index (κ1) is 14.5. The maximum atomic E-state index is 11.5. The van der Waals surface area contributed by atoms with Crippen molar-refractivity contribution in [3.05, 3.63) is 29.3 Å². The molecule has 1 aromatic carbocycles. The van der Waals surface area contributed by atoms with Crippen molar-refractivity contribution >= 4 is 29.2 Å². The molecule has 0 aromatic heterocycles. The molecule has 0 aliphatic heterocycles. The Bertz CT molecular complexity index is 406. The zero-order chi connectivity index (χ0) is 13.4. The molecule has 0 fully saturated rings. The number of aliphatic carboxylic acids is 1. The first-order chi connectivity index (χ1) is 8.58. The largest absolute Gasteiger partial charge is 0.481 e. The number of carboxylic acid groups (broad SMARTS) is 1. The molecule has 3 N–H and O–H groups in total. The first-order valence-electron chi connectivity index (χ1n) is 5.56. The van der Waals surface area contributed by atoms with Crippen LogP contribution in [-0.4, -0.2) is 30.1 Å². The maximum Gasteiger partial charge on any atom is 0.303 e. The lowest BCUT2D eigenvalue weighted by Crippen LogP contribution is -2.28. The summed E-state index contributed by atoms with van der Waals surface area (Å²) in [7, 11) is 0. The van der Waals surface area contributed by atoms with Gasteiger partial charge in [0, 0.05) is 17.1 Å². The fraction of sp³-hybridized carbons (Fsp3) is 0.333. The SMILES string of the molecule is O=C(O)CCCNCC(=O)Nc1ccc(Cl)cc1. The molecular weight excluding hydrogens is 256 g/mol. The van der Waals surface area contributed by atoms with E-state index >= 15 is 0 Å². The molecule has 1 aromatic rings. The number of halogens is 1. The van der Waals surface area contributed by atoms with Crippen LogP contribution in [0.1, 0.15) is 12.8 Å². The summed E-state index contributed by atoms with van der Waals surface area (Å²) in [5.74, 6) is -1.00. The van der Waals surface area contributed by atoms with Gasteiger partial charge in [-0.1, -0.05) is 11.6 Å². The summed E-state index contributed by atoms with van der Waals surface area (Å²) in [5.41, 5.74) is 0.678. The van der Waals surface area contributed by atoms with Gasteiger partial charge in [0.2, 0.25) is 5.91 Å². The Kier molecular flexibility index (Phi) is 6.18. The van der Waals surface area contributed by atoms with Gasteiger partial charge in [0.1, 0.15) is 0 Å². The van der Waals surface area contributed by atoms with Crippen molar-refractivity contribution in [2.24, 2.45) is 0 Å². The number of benzene rings is 1. The Morgan fingerprint density at radius 3 is 2.50 bits per heavy atom. The van der Waals surface area contributed by atoms with Gasteiger partial charge >= 0.3 is 5.97 Å². The molecule has 0 radical (unpaired) electrons. The third-order valence-electron chi connectivity index (χ3n) is 2.16. The number of nitrogens with one attached hydrogen (secondary N) is 2. The van der Waals surface area contributed by atoms with E-state index < -0.39 is 5.97 Å². The summed E-state index contributed by atoms with van der Waals surface area (Å²) in [6.07, 6.45) is 0.607. The molecule has 6 heteroatoms. The maximum absolute atomic E-state index is 11.5. The topological polar surface area (TPSA) is 78.4 Å². The average Bonchev–Trinajstić information content (AvgIpc) is 2.31. The van der Waals surface area contributed by atoms with Crippen molar-refractivity contribution in [1.82, 2.24) is 5.32 Å². The van der Waals surface area contributed by atoms with E-state index in [2.05, 4.69) is 10.6 Å². The van der Waals surface area contributed by atoms with Crippen molar-refractivity contribution in [2.45, 2.75) is 12.8 Å². The van der Waals surface area contributed by atoms with Crippen LogP contribution in [0.5, 0.6) is 0 Å². The van der Waals surface area contributed by atoms with Crippen molar-refractivity contribution in [3.63, 3.8) is 0 Å². The highest BCUT2D eigenvalue weighted by Gasteiger charge is 2.02. The lowest BCUT2D eigenvalue weighted by Gasteiger charge is -2.06. The highest BCUT2D eigenvalue weighted by Crippen LogP contribution is 2.12. The minimum Gasteiger partial charge on any atom is -0.481 e. The van der Waals surface area contributed by atoms with E-state index in [0.717, 1.165) is 0 Å². The summed E-state index contributed by atoms with van der Waals surface area (Å²) in [6, 6.07) is 6.81. The van der Waals surface area contributed by atoms with Gasteiger partial charge in [-0.2, -0.15) is 0 Å². The highest BCUT2D eigenvalue weighted by atomic mass is 35.5. The summed E-state index contributed by atoms with van der Waals surface area (Å²) in [6.45, 7) is 0.655. The molecule has 0 heterocycles. The first-order valence-corrected chi connectivity index (χ1v) is 5.93. The third-order valence-corrected chi connectivity index (χ3v) is 2.41. The van der Waals surface area contributed by atoms with Crippen LogP contribution >= 0.6 is 11.6 Å². The molecule has 0 atom stereocenters. The lowest BCUT2D eigenvalue weighted by atomic mass is 10.3. The van der Waals surface area contributed by atoms with Gasteiger partial charge in [0.15, 0.2) is 0 Å². The van der Waals surface area contributed by atoms with Crippen LogP contribution in [0.4, 0.5) is 5.69 Å². The van der Waals surface area contributed by atoms with E-state index in [4.69, 9.17) is 16.7 Å². The number of carbonyl (C=O) groups is 2. The molecule has 0 saturated heterocycles. The van der Waals surface area contributed by atoms with Crippen LogP contribution in [0.2, 0.25) is 5.02 Å². The Morgan fingerprint density at radius 2 is 1.89 bits per heavy atom. The molecule has 0 aliphatic carbocycles. The van der Waals surface area contributed by atoms with Gasteiger partial charge in [-0.25, -0.2) is 0 Å². The number of anilines is 1. The molecule has 0 bridgehead atoms. The van der Waals surface area contributed by atoms with Crippen LogP contribution in [0.25, 0.3) is 0 Å². The molecule has 18 heavy (non-hydrogen) atoms. The fourth-order valence-corrected chi connectivity index (χ4v) is 1.43. The van der Waals surface area contributed by atoms with Crippen LogP contribution in [0.3, 0.4) is 0 Å². The highest BCUT2D eigenvalue weighted by molar-refractivity contribution is 6.30. The van der Waals surface area contributed by atoms with Gasteiger partial charge in [-0.05, 0) is 37.2 Å². The average molecular weight is 271 g/mol. The monoisotopic (exact) mass is 270 g/mol. The Balaban J connectivity index is 2.17. The zero-order valence-corrected chi connectivity index (χ0v) is 10.5. The minimum atomic E-state index is -0.831. The molecule has 0 aliphatic rings. The van der Waals surface area contributed by atoms with Crippen molar-refractivity contribution in [2.75, 3.05) is 18.4 Å². The van der Waals surface area contributed by atoms with Gasteiger partial charge < -0.3 is 15.7 Å². The van der Waals surface area contributed by atoms with E-state index in [0.29, 0.717) is 23.7 Å². The predicted octanol–water partition coefficient (Wildman–Crippen LogP) is 1.73. The molecule has 1 amide bonds. The van der Waals surface area contributed by atoms with Crippen molar-refractivity contribution in [3.8, 4) is 0 Å². The van der Waals surface area contributed by atoms with E-state index in [1.54, 1.807) is 24.3 Å². The van der Waals surface area contributed by atoms with Crippen LogP contribution < -0.4 is 10.6 Å². The van der Waals surface area contributed by atoms with Gasteiger partial charge in [-0.15, -0.1) is 0 Å². The molecule has 5 nitrogen and oxygen atoms in total. The normalized spacial score (nSPS) is 10.1. The number of rotatable bonds is 7. The molecule has 98 valence electrons. The summed E-state index contributed by atoms with van der Waals surface area (Å²) in [4.78, 5) is 21.7. The van der Waals surface area contributed by atoms with E-state index in [9.17, 15) is 9.59 Å². The van der Waals surface area contributed by atoms with Crippen molar-refractivity contribution < 1.29 is 14.7 Å². The fourth-order valence-electron chi connectivity index (χ4n) is 1.30. The molecular formula is C12H15ClN2O3. The molecule has 1 rings (SSSR count). The van der Waals surface area contributed by atoms with Crippen molar-refractivity contribution in [1.29, 1.82) is 0 Å². The predicted molar refractivity (Wildman–Crippen MR) is 69.8 cm³/mol. The summed E-state index contributed by atoms with van der Waals surface area (Å²) >= 11 is 5.72. The van der Waals surface area contributed by atoms with Crippen LogP contribution in [0.15, 0.2) is 24.3 Å². The van der Waals surface area contributed by atoms with Gasteiger partial charge in [0.25, 0.3) is 0 Å². The van der Waals surface area contributed by atoms with Crippen LogP contribution in [-0.2, 0) is 9.59 Å². The standard InChI is InChI=1S/C12H15ClN2O3/c13-9-3-5-10(6-4-9)15-11(16)8-14-7-1-2-12(17)18/h3-6,14H,1-2,7-8H2,(H,15,16)(H,17,18).